The minimum Gasteiger partial charge on any atom is -0.330 e. The van der Waals surface area contributed by atoms with E-state index in [0.29, 0.717) is 12.5 Å². The first-order chi connectivity index (χ1) is 9.08. The van der Waals surface area contributed by atoms with Crippen LogP contribution in [0, 0.1) is 19.8 Å². The molecule has 4 nitrogen and oxygen atoms in total. The Morgan fingerprint density at radius 1 is 1.47 bits per heavy atom. The largest absolute Gasteiger partial charge is 0.330 e. The molecule has 0 aliphatic carbocycles. The van der Waals surface area contributed by atoms with Crippen LogP contribution in [-0.4, -0.2) is 37.0 Å². The van der Waals surface area contributed by atoms with Crippen LogP contribution >= 0.6 is 0 Å². The molecule has 1 unspecified atom stereocenters. The molecule has 0 saturated carbocycles. The SMILES string of the molecule is Cc1ccc(NC(=O)CN2CCC(CN)C2)c(C)c1. The van der Waals surface area contributed by atoms with Gasteiger partial charge in [-0.1, -0.05) is 17.7 Å². The van der Waals surface area contributed by atoms with Crippen molar-refractivity contribution in [1.29, 1.82) is 0 Å². The minimum absolute atomic E-state index is 0.0598. The van der Waals surface area contributed by atoms with Crippen LogP contribution in [0.5, 0.6) is 0 Å². The van der Waals surface area contributed by atoms with Crippen LogP contribution in [-0.2, 0) is 4.79 Å². The lowest BCUT2D eigenvalue weighted by molar-refractivity contribution is -0.117. The second-order valence-electron chi connectivity index (χ2n) is 5.49. The highest BCUT2D eigenvalue weighted by Gasteiger charge is 2.22. The number of rotatable bonds is 4. The van der Waals surface area contributed by atoms with Gasteiger partial charge in [0.25, 0.3) is 0 Å². The molecule has 0 aromatic heterocycles. The molecule has 104 valence electrons. The molecule has 1 atom stereocenters. The zero-order valence-corrected chi connectivity index (χ0v) is 11.8. The van der Waals surface area contributed by atoms with Crippen molar-refractivity contribution in [2.45, 2.75) is 20.3 Å². The Balaban J connectivity index is 1.87. The molecule has 1 aromatic carbocycles. The molecule has 4 heteroatoms. The predicted molar refractivity (Wildman–Crippen MR) is 78.1 cm³/mol. The van der Waals surface area contributed by atoms with E-state index in [0.717, 1.165) is 37.3 Å². The van der Waals surface area contributed by atoms with Crippen LogP contribution in [0.4, 0.5) is 5.69 Å². The number of amides is 1. The summed E-state index contributed by atoms with van der Waals surface area (Å²) in [5.74, 6) is 0.610. The Labute approximate surface area is 115 Å². The zero-order chi connectivity index (χ0) is 13.8. The van der Waals surface area contributed by atoms with Crippen molar-refractivity contribution in [3.05, 3.63) is 29.3 Å². The molecule has 0 spiro atoms. The van der Waals surface area contributed by atoms with Crippen LogP contribution in [0.2, 0.25) is 0 Å². The van der Waals surface area contributed by atoms with E-state index in [1.54, 1.807) is 0 Å². The molecule has 1 fully saturated rings. The maximum atomic E-state index is 12.0. The fraction of sp³-hybridized carbons (Fsp3) is 0.533. The molecule has 3 N–H and O–H groups in total. The maximum absolute atomic E-state index is 12.0. The smallest absolute Gasteiger partial charge is 0.238 e. The molecule has 0 bridgehead atoms. The number of likely N-dealkylation sites (tertiary alicyclic amines) is 1. The van der Waals surface area contributed by atoms with E-state index in [1.807, 2.05) is 19.1 Å². The Morgan fingerprint density at radius 2 is 2.26 bits per heavy atom. The fourth-order valence-corrected chi connectivity index (χ4v) is 2.60. The highest BCUT2D eigenvalue weighted by molar-refractivity contribution is 5.93. The first-order valence-electron chi connectivity index (χ1n) is 6.88. The van der Waals surface area contributed by atoms with Gasteiger partial charge in [0.2, 0.25) is 5.91 Å². The maximum Gasteiger partial charge on any atom is 0.238 e. The van der Waals surface area contributed by atoms with Gasteiger partial charge in [0, 0.05) is 12.2 Å². The lowest BCUT2D eigenvalue weighted by Gasteiger charge is -2.16. The first-order valence-corrected chi connectivity index (χ1v) is 6.88. The number of carbonyl (C=O) groups excluding carboxylic acids is 1. The third kappa shape index (κ3) is 3.78. The molecular weight excluding hydrogens is 238 g/mol. The number of benzene rings is 1. The van der Waals surface area contributed by atoms with Gasteiger partial charge < -0.3 is 11.1 Å². The second kappa shape index (κ2) is 6.17. The lowest BCUT2D eigenvalue weighted by Crippen LogP contribution is -2.32. The highest BCUT2D eigenvalue weighted by atomic mass is 16.2. The van der Waals surface area contributed by atoms with E-state index in [-0.39, 0.29) is 5.91 Å². The summed E-state index contributed by atoms with van der Waals surface area (Å²) < 4.78 is 0. The summed E-state index contributed by atoms with van der Waals surface area (Å²) in [5.41, 5.74) is 8.88. The predicted octanol–water partition coefficient (Wildman–Crippen LogP) is 1.52. The summed E-state index contributed by atoms with van der Waals surface area (Å²) in [5, 5.41) is 2.99. The van der Waals surface area contributed by atoms with Gasteiger partial charge in [-0.15, -0.1) is 0 Å². The summed E-state index contributed by atoms with van der Waals surface area (Å²) in [6.45, 7) is 7.16. The monoisotopic (exact) mass is 261 g/mol. The molecule has 2 rings (SSSR count). The molecule has 1 aliphatic rings. The van der Waals surface area contributed by atoms with Gasteiger partial charge >= 0.3 is 0 Å². The molecule has 1 aliphatic heterocycles. The average molecular weight is 261 g/mol. The van der Waals surface area contributed by atoms with E-state index in [4.69, 9.17) is 5.73 Å². The van der Waals surface area contributed by atoms with E-state index in [1.165, 1.54) is 5.56 Å². The third-order valence-corrected chi connectivity index (χ3v) is 3.73. The molecule has 0 radical (unpaired) electrons. The van der Waals surface area contributed by atoms with Gasteiger partial charge in [-0.25, -0.2) is 0 Å². The molecule has 19 heavy (non-hydrogen) atoms. The lowest BCUT2D eigenvalue weighted by atomic mass is 10.1. The average Bonchev–Trinajstić information content (AvgIpc) is 2.80. The molecule has 1 heterocycles. The standard InChI is InChI=1S/C15H23N3O/c1-11-3-4-14(12(2)7-11)17-15(19)10-18-6-5-13(8-16)9-18/h3-4,7,13H,5-6,8-10,16H2,1-2H3,(H,17,19). The number of nitrogens with zero attached hydrogens (tertiary/aromatic N) is 1. The van der Waals surface area contributed by atoms with Crippen molar-refractivity contribution in [1.82, 2.24) is 4.90 Å². The van der Waals surface area contributed by atoms with Gasteiger partial charge in [-0.3, -0.25) is 9.69 Å². The number of hydrogen-bond donors (Lipinski definition) is 2. The quantitative estimate of drug-likeness (QED) is 0.864. The van der Waals surface area contributed by atoms with E-state index in [9.17, 15) is 4.79 Å². The number of carbonyl (C=O) groups is 1. The molecule has 1 amide bonds. The highest BCUT2D eigenvalue weighted by Crippen LogP contribution is 2.17. The Hall–Kier alpha value is -1.39. The number of nitrogens with two attached hydrogens (primary N) is 1. The van der Waals surface area contributed by atoms with Crippen LogP contribution in [0.3, 0.4) is 0 Å². The number of anilines is 1. The van der Waals surface area contributed by atoms with Crippen molar-refractivity contribution < 1.29 is 4.79 Å². The van der Waals surface area contributed by atoms with Crippen molar-refractivity contribution in [2.75, 3.05) is 31.5 Å². The zero-order valence-electron chi connectivity index (χ0n) is 11.8. The number of aryl methyl sites for hydroxylation is 2. The van der Waals surface area contributed by atoms with Crippen molar-refractivity contribution in [3.63, 3.8) is 0 Å². The summed E-state index contributed by atoms with van der Waals surface area (Å²) >= 11 is 0. The first kappa shape index (κ1) is 14.0. The van der Waals surface area contributed by atoms with Crippen LogP contribution in [0.25, 0.3) is 0 Å². The van der Waals surface area contributed by atoms with E-state index < -0.39 is 0 Å². The summed E-state index contributed by atoms with van der Waals surface area (Å²) in [6, 6.07) is 6.06. The Bertz CT molecular complexity index is 459. The fourth-order valence-electron chi connectivity index (χ4n) is 2.60. The second-order valence-corrected chi connectivity index (χ2v) is 5.49. The topological polar surface area (TPSA) is 58.4 Å². The van der Waals surface area contributed by atoms with E-state index >= 15 is 0 Å². The van der Waals surface area contributed by atoms with Crippen LogP contribution in [0.1, 0.15) is 17.5 Å². The van der Waals surface area contributed by atoms with Gasteiger partial charge in [0.1, 0.15) is 0 Å². The normalized spacial score (nSPS) is 19.6. The van der Waals surface area contributed by atoms with Crippen LogP contribution < -0.4 is 11.1 Å². The molecule has 1 saturated heterocycles. The summed E-state index contributed by atoms with van der Waals surface area (Å²) in [6.07, 6.45) is 1.10. The van der Waals surface area contributed by atoms with Crippen molar-refractivity contribution in [2.24, 2.45) is 11.7 Å². The Kier molecular flexibility index (Phi) is 4.56. The van der Waals surface area contributed by atoms with Gasteiger partial charge in [0.15, 0.2) is 0 Å². The van der Waals surface area contributed by atoms with E-state index in [2.05, 4.69) is 23.2 Å². The summed E-state index contributed by atoms with van der Waals surface area (Å²) in [4.78, 5) is 14.2. The minimum atomic E-state index is 0.0598. The van der Waals surface area contributed by atoms with Gasteiger partial charge in [-0.2, -0.15) is 0 Å². The summed E-state index contributed by atoms with van der Waals surface area (Å²) in [7, 11) is 0. The van der Waals surface area contributed by atoms with Crippen molar-refractivity contribution in [3.8, 4) is 0 Å². The molecule has 1 aromatic rings. The van der Waals surface area contributed by atoms with Gasteiger partial charge in [0.05, 0.1) is 6.54 Å². The van der Waals surface area contributed by atoms with Crippen LogP contribution in [0.15, 0.2) is 18.2 Å². The number of nitrogens with one attached hydrogen (secondary N) is 1. The molecular formula is C15H23N3O. The van der Waals surface area contributed by atoms with Gasteiger partial charge in [-0.05, 0) is 50.9 Å². The number of hydrogen-bond acceptors (Lipinski definition) is 3. The Morgan fingerprint density at radius 3 is 2.89 bits per heavy atom. The van der Waals surface area contributed by atoms with Crippen molar-refractivity contribution >= 4 is 11.6 Å². The third-order valence-electron chi connectivity index (χ3n) is 3.73.